The van der Waals surface area contributed by atoms with Gasteiger partial charge in [0.25, 0.3) is 0 Å². The molecule has 3 unspecified atom stereocenters. The van der Waals surface area contributed by atoms with Gasteiger partial charge in [0, 0.05) is 5.56 Å². The van der Waals surface area contributed by atoms with Gasteiger partial charge in [-0.3, -0.25) is 0 Å². The predicted octanol–water partition coefficient (Wildman–Crippen LogP) is 4.99. The smallest absolute Gasteiger partial charge is 0.0975 e. The van der Waals surface area contributed by atoms with Gasteiger partial charge >= 0.3 is 0 Å². The normalized spacial score (nSPS) is 23.9. The average molecular weight is 300 g/mol. The largest absolute Gasteiger partial charge is 0.364 e. The Balaban J connectivity index is 1.58. The van der Waals surface area contributed by atoms with Gasteiger partial charge in [0.1, 0.15) is 0 Å². The second kappa shape index (κ2) is 6.07. The molecule has 2 heterocycles. The molecule has 23 heavy (non-hydrogen) atoms. The van der Waals surface area contributed by atoms with Crippen molar-refractivity contribution in [1.29, 1.82) is 0 Å². The maximum atomic E-state index is 6.12. The Morgan fingerprint density at radius 3 is 2.74 bits per heavy atom. The van der Waals surface area contributed by atoms with Crippen molar-refractivity contribution in [2.24, 2.45) is 5.92 Å². The van der Waals surface area contributed by atoms with Gasteiger partial charge in [-0.05, 0) is 42.0 Å². The Morgan fingerprint density at radius 2 is 1.87 bits per heavy atom. The molecule has 3 atom stereocenters. The molecule has 2 aromatic rings. The van der Waals surface area contributed by atoms with Crippen LogP contribution in [0, 0.1) is 17.8 Å². The molecule has 2 aliphatic heterocycles. The number of hydrogen-bond donors (Lipinski definition) is 0. The lowest BCUT2D eigenvalue weighted by Crippen LogP contribution is -2.08. The molecule has 0 radical (unpaired) electrons. The molecule has 1 saturated heterocycles. The molecule has 2 aliphatic rings. The second-order valence-electron chi connectivity index (χ2n) is 6.27. The summed E-state index contributed by atoms with van der Waals surface area (Å²) in [5.74, 6) is 7.21. The van der Waals surface area contributed by atoms with E-state index in [1.807, 2.05) is 6.08 Å². The van der Waals surface area contributed by atoms with Crippen LogP contribution in [-0.2, 0) is 11.2 Å². The average Bonchev–Trinajstić information content (AvgIpc) is 3.18. The predicted molar refractivity (Wildman–Crippen MR) is 93.0 cm³/mol. The third-order valence-corrected chi connectivity index (χ3v) is 4.82. The van der Waals surface area contributed by atoms with E-state index in [1.165, 1.54) is 16.7 Å². The van der Waals surface area contributed by atoms with Gasteiger partial charge in [-0.2, -0.15) is 0 Å². The van der Waals surface area contributed by atoms with E-state index in [4.69, 9.17) is 4.74 Å². The molecular weight excluding hydrogens is 280 g/mol. The van der Waals surface area contributed by atoms with Gasteiger partial charge in [0.15, 0.2) is 0 Å². The van der Waals surface area contributed by atoms with Crippen LogP contribution in [0.1, 0.15) is 47.3 Å². The fourth-order valence-electron chi connectivity index (χ4n) is 3.66. The van der Waals surface area contributed by atoms with E-state index in [2.05, 4.69) is 67.0 Å². The molecule has 1 fully saturated rings. The highest BCUT2D eigenvalue weighted by Crippen LogP contribution is 2.53. The minimum absolute atomic E-state index is 0.157. The molecule has 0 aliphatic carbocycles. The maximum Gasteiger partial charge on any atom is 0.0975 e. The lowest BCUT2D eigenvalue weighted by atomic mass is 9.84. The summed E-state index contributed by atoms with van der Waals surface area (Å²) in [6, 6.07) is 17.0. The first kappa shape index (κ1) is 14.3. The highest BCUT2D eigenvalue weighted by atomic mass is 16.5. The lowest BCUT2D eigenvalue weighted by molar-refractivity contribution is 0.0657. The molecule has 2 bridgehead atoms. The lowest BCUT2D eigenvalue weighted by Gasteiger charge is -2.16. The maximum absolute atomic E-state index is 6.12. The molecule has 114 valence electrons. The fraction of sp³-hybridized carbons (Fsp3) is 0.273. The van der Waals surface area contributed by atoms with Crippen molar-refractivity contribution in [3.8, 4) is 11.8 Å². The van der Waals surface area contributed by atoms with Crippen LogP contribution in [0.15, 0.2) is 61.2 Å². The number of fused-ring (bicyclic) bond motifs is 5. The zero-order valence-electron chi connectivity index (χ0n) is 13.2. The Hall–Kier alpha value is -2.30. The molecule has 1 nitrogen and oxygen atoms in total. The SMILES string of the molecule is C=CCCc1ccccc1C#CC1CC2OC1c1ccccc12. The Kier molecular flexibility index (Phi) is 3.77. The van der Waals surface area contributed by atoms with Crippen molar-refractivity contribution in [3.63, 3.8) is 0 Å². The number of hydrogen-bond acceptors (Lipinski definition) is 1. The van der Waals surface area contributed by atoms with Crippen molar-refractivity contribution in [1.82, 2.24) is 0 Å². The minimum Gasteiger partial charge on any atom is -0.364 e. The van der Waals surface area contributed by atoms with E-state index in [9.17, 15) is 0 Å². The van der Waals surface area contributed by atoms with Crippen LogP contribution in [0.2, 0.25) is 0 Å². The van der Waals surface area contributed by atoms with Gasteiger partial charge in [-0.25, -0.2) is 0 Å². The third-order valence-electron chi connectivity index (χ3n) is 4.82. The van der Waals surface area contributed by atoms with Gasteiger partial charge < -0.3 is 4.74 Å². The van der Waals surface area contributed by atoms with Crippen LogP contribution in [0.3, 0.4) is 0 Å². The van der Waals surface area contributed by atoms with E-state index < -0.39 is 0 Å². The number of aryl methyl sites for hydroxylation is 1. The Morgan fingerprint density at radius 1 is 1.09 bits per heavy atom. The highest BCUT2D eigenvalue weighted by molar-refractivity contribution is 5.44. The van der Waals surface area contributed by atoms with E-state index in [1.54, 1.807) is 0 Å². The summed E-state index contributed by atoms with van der Waals surface area (Å²) in [5.41, 5.74) is 5.15. The summed E-state index contributed by atoms with van der Waals surface area (Å²) in [6.07, 6.45) is 5.37. The van der Waals surface area contributed by atoms with Gasteiger partial charge in [-0.1, -0.05) is 60.4 Å². The fourth-order valence-corrected chi connectivity index (χ4v) is 3.66. The zero-order chi connectivity index (χ0) is 15.6. The first-order chi connectivity index (χ1) is 11.4. The van der Waals surface area contributed by atoms with Gasteiger partial charge in [0.05, 0.1) is 18.1 Å². The molecule has 0 spiro atoms. The second-order valence-corrected chi connectivity index (χ2v) is 6.27. The van der Waals surface area contributed by atoms with Crippen molar-refractivity contribution >= 4 is 0 Å². The first-order valence-corrected chi connectivity index (χ1v) is 8.31. The van der Waals surface area contributed by atoms with Crippen molar-refractivity contribution in [2.45, 2.75) is 31.5 Å². The number of rotatable bonds is 3. The molecule has 0 saturated carbocycles. The number of benzene rings is 2. The molecule has 4 rings (SSSR count). The highest BCUT2D eigenvalue weighted by Gasteiger charge is 2.44. The quantitative estimate of drug-likeness (QED) is 0.573. The van der Waals surface area contributed by atoms with Crippen LogP contribution < -0.4 is 0 Å². The zero-order valence-corrected chi connectivity index (χ0v) is 13.2. The monoisotopic (exact) mass is 300 g/mol. The van der Waals surface area contributed by atoms with Gasteiger partial charge in [0.2, 0.25) is 0 Å². The van der Waals surface area contributed by atoms with E-state index in [0.29, 0.717) is 5.92 Å². The number of allylic oxidation sites excluding steroid dienone is 1. The van der Waals surface area contributed by atoms with Crippen LogP contribution in [0.4, 0.5) is 0 Å². The summed E-state index contributed by atoms with van der Waals surface area (Å²) in [4.78, 5) is 0. The van der Waals surface area contributed by atoms with Crippen LogP contribution in [0.5, 0.6) is 0 Å². The third kappa shape index (κ3) is 2.60. The van der Waals surface area contributed by atoms with Crippen LogP contribution >= 0.6 is 0 Å². The Bertz CT molecular complexity index is 793. The topological polar surface area (TPSA) is 9.23 Å². The first-order valence-electron chi connectivity index (χ1n) is 8.31. The van der Waals surface area contributed by atoms with Gasteiger partial charge in [-0.15, -0.1) is 6.58 Å². The van der Waals surface area contributed by atoms with Crippen molar-refractivity contribution in [2.75, 3.05) is 0 Å². The molecule has 1 heteroatoms. The van der Waals surface area contributed by atoms with E-state index in [0.717, 1.165) is 24.8 Å². The molecule has 2 aromatic carbocycles. The number of ether oxygens (including phenoxy) is 1. The molecule has 0 aromatic heterocycles. The molecule has 0 N–H and O–H groups in total. The van der Waals surface area contributed by atoms with E-state index in [-0.39, 0.29) is 12.2 Å². The summed E-state index contributed by atoms with van der Waals surface area (Å²) in [7, 11) is 0. The van der Waals surface area contributed by atoms with Crippen LogP contribution in [0.25, 0.3) is 0 Å². The standard InChI is InChI=1S/C22H20O/c1-2-3-8-16-9-4-5-10-17(16)13-14-18-15-21-19-11-6-7-12-20(19)22(18)23-21/h2,4-7,9-12,18,21-22H,1,3,8,15H2. The summed E-state index contributed by atoms with van der Waals surface area (Å²) in [6.45, 7) is 3.81. The molecular formula is C22H20O. The van der Waals surface area contributed by atoms with Crippen molar-refractivity contribution < 1.29 is 4.74 Å². The summed E-state index contributed by atoms with van der Waals surface area (Å²) >= 11 is 0. The Labute approximate surface area is 138 Å². The summed E-state index contributed by atoms with van der Waals surface area (Å²) < 4.78 is 6.12. The molecule has 0 amide bonds. The summed E-state index contributed by atoms with van der Waals surface area (Å²) in [5, 5.41) is 0. The minimum atomic E-state index is 0.157. The van der Waals surface area contributed by atoms with Crippen LogP contribution in [-0.4, -0.2) is 0 Å². The van der Waals surface area contributed by atoms with Crippen molar-refractivity contribution in [3.05, 3.63) is 83.4 Å². The van der Waals surface area contributed by atoms with E-state index >= 15 is 0 Å².